The fraction of sp³-hybridized carbons (Fsp3) is 0.364. The van der Waals surface area contributed by atoms with Gasteiger partial charge in [-0.25, -0.2) is 8.42 Å². The second-order valence-electron chi connectivity index (χ2n) is 3.56. The third-order valence-corrected chi connectivity index (χ3v) is 4.81. The molecular formula is C11H13BrClNO3S. The molecule has 100 valence electrons. The third-order valence-electron chi connectivity index (χ3n) is 2.49. The van der Waals surface area contributed by atoms with E-state index in [1.807, 2.05) is 13.8 Å². The van der Waals surface area contributed by atoms with Crippen molar-refractivity contribution in [3.8, 4) is 0 Å². The molecule has 0 fully saturated rings. The average molecular weight is 355 g/mol. The zero-order valence-electron chi connectivity index (χ0n) is 9.98. The van der Waals surface area contributed by atoms with Gasteiger partial charge in [0.15, 0.2) is 0 Å². The van der Waals surface area contributed by atoms with Crippen LogP contribution in [-0.2, 0) is 9.05 Å². The monoisotopic (exact) mass is 353 g/mol. The Hall–Kier alpha value is -0.590. The Morgan fingerprint density at radius 3 is 2.33 bits per heavy atom. The first-order chi connectivity index (χ1) is 8.31. The zero-order valence-corrected chi connectivity index (χ0v) is 13.1. The van der Waals surface area contributed by atoms with Gasteiger partial charge in [-0.2, -0.15) is 0 Å². The second kappa shape index (κ2) is 6.04. The summed E-state index contributed by atoms with van der Waals surface area (Å²) in [5.41, 5.74) is 0.307. The average Bonchev–Trinajstić information content (AvgIpc) is 2.29. The van der Waals surface area contributed by atoms with Crippen molar-refractivity contribution in [3.63, 3.8) is 0 Å². The Morgan fingerprint density at radius 2 is 1.89 bits per heavy atom. The molecule has 1 aromatic carbocycles. The minimum absolute atomic E-state index is 0.0952. The molecule has 0 N–H and O–H groups in total. The number of rotatable bonds is 4. The van der Waals surface area contributed by atoms with Crippen LogP contribution in [0, 0.1) is 0 Å². The summed E-state index contributed by atoms with van der Waals surface area (Å²) >= 11 is 3.10. The molecule has 0 aliphatic carbocycles. The Balaban J connectivity index is 3.25. The quantitative estimate of drug-likeness (QED) is 0.781. The lowest BCUT2D eigenvalue weighted by Crippen LogP contribution is -2.30. The number of carbonyl (C=O) groups excluding carboxylic acids is 1. The Labute approximate surface area is 119 Å². The minimum Gasteiger partial charge on any atom is -0.339 e. The van der Waals surface area contributed by atoms with Crippen molar-refractivity contribution < 1.29 is 13.2 Å². The zero-order chi connectivity index (χ0) is 13.9. The lowest BCUT2D eigenvalue weighted by Gasteiger charge is -2.18. The highest BCUT2D eigenvalue weighted by molar-refractivity contribution is 9.10. The lowest BCUT2D eigenvalue weighted by atomic mass is 10.2. The Morgan fingerprint density at radius 1 is 1.33 bits per heavy atom. The molecule has 0 atom stereocenters. The second-order valence-corrected chi connectivity index (χ2v) is 6.95. The number of hydrogen-bond donors (Lipinski definition) is 0. The summed E-state index contributed by atoms with van der Waals surface area (Å²) < 4.78 is 23.0. The number of carbonyl (C=O) groups is 1. The first-order valence-corrected chi connectivity index (χ1v) is 8.45. The summed E-state index contributed by atoms with van der Waals surface area (Å²) in [6, 6.07) is 4.36. The van der Waals surface area contributed by atoms with Crippen molar-refractivity contribution in [1.29, 1.82) is 0 Å². The van der Waals surface area contributed by atoms with Gasteiger partial charge in [0.25, 0.3) is 15.0 Å². The lowest BCUT2D eigenvalue weighted by molar-refractivity contribution is 0.0772. The van der Waals surface area contributed by atoms with Crippen molar-refractivity contribution >= 4 is 41.6 Å². The van der Waals surface area contributed by atoms with Gasteiger partial charge in [-0.1, -0.05) is 0 Å². The maximum Gasteiger partial charge on any atom is 0.262 e. The predicted octanol–water partition coefficient (Wildman–Crippen LogP) is 2.86. The van der Waals surface area contributed by atoms with Gasteiger partial charge in [0.2, 0.25) is 0 Å². The fourth-order valence-electron chi connectivity index (χ4n) is 1.52. The first kappa shape index (κ1) is 15.5. The molecule has 1 aromatic rings. The van der Waals surface area contributed by atoms with Crippen LogP contribution in [0.1, 0.15) is 24.2 Å². The summed E-state index contributed by atoms with van der Waals surface area (Å²) in [5, 5.41) is 0. The summed E-state index contributed by atoms with van der Waals surface area (Å²) in [5.74, 6) is -0.214. The molecule has 0 spiro atoms. The SMILES string of the molecule is CCN(CC)C(=O)c1ccc(Br)c(S(=O)(=O)Cl)c1. The first-order valence-electron chi connectivity index (χ1n) is 5.34. The van der Waals surface area contributed by atoms with Gasteiger partial charge in [-0.05, 0) is 48.0 Å². The summed E-state index contributed by atoms with van der Waals surface area (Å²) in [7, 11) is 1.43. The molecule has 1 amide bonds. The number of benzene rings is 1. The van der Waals surface area contributed by atoms with E-state index >= 15 is 0 Å². The molecule has 7 heteroatoms. The van der Waals surface area contributed by atoms with Gasteiger partial charge in [0.05, 0.1) is 4.90 Å². The highest BCUT2D eigenvalue weighted by Crippen LogP contribution is 2.26. The van der Waals surface area contributed by atoms with E-state index in [4.69, 9.17) is 10.7 Å². The van der Waals surface area contributed by atoms with Gasteiger partial charge in [-0.15, -0.1) is 0 Å². The number of halogens is 2. The topological polar surface area (TPSA) is 54.5 Å². The maximum absolute atomic E-state index is 12.1. The standard InChI is InChI=1S/C11H13BrClNO3S/c1-3-14(4-2)11(15)8-5-6-9(12)10(7-8)18(13,16)17/h5-7H,3-4H2,1-2H3. The van der Waals surface area contributed by atoms with E-state index in [-0.39, 0.29) is 10.8 Å². The van der Waals surface area contributed by atoms with Crippen molar-refractivity contribution in [2.75, 3.05) is 13.1 Å². The molecule has 0 radical (unpaired) electrons. The highest BCUT2D eigenvalue weighted by atomic mass is 79.9. The van der Waals surface area contributed by atoms with Crippen molar-refractivity contribution in [3.05, 3.63) is 28.2 Å². The van der Waals surface area contributed by atoms with Gasteiger partial charge in [-0.3, -0.25) is 4.79 Å². The minimum atomic E-state index is -3.87. The molecular weight excluding hydrogens is 342 g/mol. The van der Waals surface area contributed by atoms with Crippen LogP contribution >= 0.6 is 26.6 Å². The molecule has 0 saturated heterocycles. The van der Waals surface area contributed by atoms with E-state index in [0.29, 0.717) is 23.1 Å². The van der Waals surface area contributed by atoms with Crippen LogP contribution in [0.3, 0.4) is 0 Å². The van der Waals surface area contributed by atoms with E-state index in [1.54, 1.807) is 11.0 Å². The molecule has 0 aromatic heterocycles. The van der Waals surface area contributed by atoms with Crippen LogP contribution in [0.2, 0.25) is 0 Å². The van der Waals surface area contributed by atoms with E-state index < -0.39 is 9.05 Å². The molecule has 0 bridgehead atoms. The summed E-state index contributed by atoms with van der Waals surface area (Å²) in [4.78, 5) is 13.6. The summed E-state index contributed by atoms with van der Waals surface area (Å²) in [6.07, 6.45) is 0. The number of hydrogen-bond acceptors (Lipinski definition) is 3. The van der Waals surface area contributed by atoms with Crippen molar-refractivity contribution in [2.24, 2.45) is 0 Å². The molecule has 1 rings (SSSR count). The Bertz CT molecular complexity index is 555. The van der Waals surface area contributed by atoms with Gasteiger partial charge < -0.3 is 4.90 Å². The normalized spacial score (nSPS) is 11.3. The largest absolute Gasteiger partial charge is 0.339 e. The molecule has 0 unspecified atom stereocenters. The molecule has 0 saturated carbocycles. The van der Waals surface area contributed by atoms with Crippen LogP contribution < -0.4 is 0 Å². The van der Waals surface area contributed by atoms with Crippen LogP contribution in [0.15, 0.2) is 27.6 Å². The van der Waals surface area contributed by atoms with Crippen molar-refractivity contribution in [2.45, 2.75) is 18.7 Å². The van der Waals surface area contributed by atoms with E-state index in [2.05, 4.69) is 15.9 Å². The Kier molecular flexibility index (Phi) is 5.19. The van der Waals surface area contributed by atoms with Crippen LogP contribution in [0.25, 0.3) is 0 Å². The van der Waals surface area contributed by atoms with E-state index in [9.17, 15) is 13.2 Å². The van der Waals surface area contributed by atoms with Crippen molar-refractivity contribution in [1.82, 2.24) is 4.90 Å². The van der Waals surface area contributed by atoms with E-state index in [1.165, 1.54) is 12.1 Å². The van der Waals surface area contributed by atoms with Gasteiger partial charge in [0, 0.05) is 33.8 Å². The molecule has 18 heavy (non-hydrogen) atoms. The molecule has 0 heterocycles. The molecule has 4 nitrogen and oxygen atoms in total. The molecule has 0 aliphatic rings. The van der Waals surface area contributed by atoms with E-state index in [0.717, 1.165) is 0 Å². The van der Waals surface area contributed by atoms with Crippen LogP contribution in [0.5, 0.6) is 0 Å². The number of nitrogens with zero attached hydrogens (tertiary/aromatic N) is 1. The maximum atomic E-state index is 12.1. The van der Waals surface area contributed by atoms with Gasteiger partial charge >= 0.3 is 0 Å². The molecule has 0 aliphatic heterocycles. The third kappa shape index (κ3) is 3.46. The predicted molar refractivity (Wildman–Crippen MR) is 74.4 cm³/mol. The summed E-state index contributed by atoms with van der Waals surface area (Å²) in [6.45, 7) is 4.85. The van der Waals surface area contributed by atoms with Gasteiger partial charge in [0.1, 0.15) is 0 Å². The number of amides is 1. The van der Waals surface area contributed by atoms with Crippen LogP contribution in [0.4, 0.5) is 0 Å². The smallest absolute Gasteiger partial charge is 0.262 e. The van der Waals surface area contributed by atoms with Crippen LogP contribution in [-0.4, -0.2) is 32.3 Å². The fourth-order valence-corrected chi connectivity index (χ4v) is 3.63. The highest BCUT2D eigenvalue weighted by Gasteiger charge is 2.19.